The molecule has 0 radical (unpaired) electrons. The van der Waals surface area contributed by atoms with Crippen LogP contribution < -0.4 is 10.1 Å². The van der Waals surface area contributed by atoms with E-state index in [-0.39, 0.29) is 23.5 Å². The van der Waals surface area contributed by atoms with E-state index in [4.69, 9.17) is 4.74 Å². The Morgan fingerprint density at radius 3 is 2.67 bits per heavy atom. The van der Waals surface area contributed by atoms with Crippen molar-refractivity contribution in [1.82, 2.24) is 4.90 Å². The molecule has 1 aliphatic rings. The number of anilines is 1. The molecule has 0 aliphatic heterocycles. The van der Waals surface area contributed by atoms with Gasteiger partial charge in [-0.05, 0) is 56.0 Å². The summed E-state index contributed by atoms with van der Waals surface area (Å²) in [6.45, 7) is 4.54. The second kappa shape index (κ2) is 8.08. The molecule has 27 heavy (non-hydrogen) atoms. The van der Waals surface area contributed by atoms with Crippen LogP contribution in [0, 0.1) is 18.7 Å². The highest BCUT2D eigenvalue weighted by Crippen LogP contribution is 2.33. The number of ether oxygens (including phenoxy) is 1. The molecule has 0 bridgehead atoms. The quantitative estimate of drug-likeness (QED) is 0.770. The summed E-state index contributed by atoms with van der Waals surface area (Å²) >= 11 is 1.29. The Labute approximate surface area is 162 Å². The fraction of sp³-hybridized carbons (Fsp3) is 0.400. The van der Waals surface area contributed by atoms with Gasteiger partial charge in [-0.25, -0.2) is 4.39 Å². The average Bonchev–Trinajstić information content (AvgIpc) is 3.43. The molecule has 2 aromatic rings. The molecular weight excluding hydrogens is 367 g/mol. The molecule has 1 saturated carbocycles. The van der Waals surface area contributed by atoms with Crippen molar-refractivity contribution in [3.8, 4) is 5.75 Å². The highest BCUT2D eigenvalue weighted by Gasteiger charge is 2.30. The van der Waals surface area contributed by atoms with Gasteiger partial charge in [0.25, 0.3) is 5.91 Å². The van der Waals surface area contributed by atoms with Gasteiger partial charge >= 0.3 is 0 Å². The smallest absolute Gasteiger partial charge is 0.264 e. The van der Waals surface area contributed by atoms with Crippen LogP contribution in [0.2, 0.25) is 0 Å². The molecule has 7 heteroatoms. The first-order chi connectivity index (χ1) is 12.9. The average molecular weight is 390 g/mol. The van der Waals surface area contributed by atoms with Crippen molar-refractivity contribution >= 4 is 28.2 Å². The standard InChI is InChI=1S/C20H23FN2O3S/c1-4-23(11-13-5-8-16(26-3)15(21)10-13)20(25)18-12(2)9-17(27-18)22-19(24)14-6-7-14/h5,8-10,14H,4,6-7,11H2,1-3H3,(H,22,24). The zero-order chi connectivity index (χ0) is 19.6. The largest absolute Gasteiger partial charge is 0.494 e. The van der Waals surface area contributed by atoms with Gasteiger partial charge in [0.15, 0.2) is 11.6 Å². The Balaban J connectivity index is 1.73. The van der Waals surface area contributed by atoms with E-state index < -0.39 is 5.82 Å². The SMILES string of the molecule is CCN(Cc1ccc(OC)c(F)c1)C(=O)c1sc(NC(=O)C2CC2)cc1C. The molecule has 3 rings (SSSR count). The summed E-state index contributed by atoms with van der Waals surface area (Å²) in [5.41, 5.74) is 1.52. The minimum absolute atomic E-state index is 0.0244. The molecule has 1 aliphatic carbocycles. The van der Waals surface area contributed by atoms with Gasteiger partial charge in [-0.15, -0.1) is 11.3 Å². The number of carbonyl (C=O) groups excluding carboxylic acids is 2. The summed E-state index contributed by atoms with van der Waals surface area (Å²) in [7, 11) is 1.42. The number of hydrogen-bond donors (Lipinski definition) is 1. The summed E-state index contributed by atoms with van der Waals surface area (Å²) in [4.78, 5) is 27.1. The Bertz CT molecular complexity index is 861. The number of benzene rings is 1. The maximum Gasteiger partial charge on any atom is 0.264 e. The first kappa shape index (κ1) is 19.4. The Kier molecular flexibility index (Phi) is 5.79. The first-order valence-corrected chi connectivity index (χ1v) is 9.77. The monoisotopic (exact) mass is 390 g/mol. The summed E-state index contributed by atoms with van der Waals surface area (Å²) in [6.07, 6.45) is 1.87. The summed E-state index contributed by atoms with van der Waals surface area (Å²) < 4.78 is 18.9. The predicted molar refractivity (Wildman–Crippen MR) is 104 cm³/mol. The van der Waals surface area contributed by atoms with Crippen LogP contribution in [0.25, 0.3) is 0 Å². The number of thiophene rings is 1. The fourth-order valence-corrected chi connectivity index (χ4v) is 3.87. The van der Waals surface area contributed by atoms with Gasteiger partial charge in [0, 0.05) is 19.0 Å². The van der Waals surface area contributed by atoms with E-state index in [0.29, 0.717) is 28.5 Å². The number of rotatable bonds is 7. The molecule has 1 N–H and O–H groups in total. The van der Waals surface area contributed by atoms with E-state index in [1.165, 1.54) is 24.5 Å². The molecule has 0 unspecified atom stereocenters. The van der Waals surface area contributed by atoms with Gasteiger partial charge in [0.1, 0.15) is 0 Å². The number of aryl methyl sites for hydroxylation is 1. The van der Waals surface area contributed by atoms with Crippen molar-refractivity contribution in [2.75, 3.05) is 19.0 Å². The third kappa shape index (κ3) is 4.47. The lowest BCUT2D eigenvalue weighted by Gasteiger charge is -2.21. The maximum atomic E-state index is 13.9. The molecule has 0 spiro atoms. The second-order valence-corrected chi connectivity index (χ2v) is 7.73. The van der Waals surface area contributed by atoms with Crippen LogP contribution in [0.1, 0.15) is 40.6 Å². The van der Waals surface area contributed by atoms with Gasteiger partial charge in [-0.2, -0.15) is 0 Å². The van der Waals surface area contributed by atoms with Crippen LogP contribution in [0.4, 0.5) is 9.39 Å². The molecule has 0 saturated heterocycles. The van der Waals surface area contributed by atoms with Crippen molar-refractivity contribution in [2.24, 2.45) is 5.92 Å². The highest BCUT2D eigenvalue weighted by molar-refractivity contribution is 7.18. The Hall–Kier alpha value is -2.41. The van der Waals surface area contributed by atoms with E-state index >= 15 is 0 Å². The molecule has 144 valence electrons. The van der Waals surface area contributed by atoms with Crippen molar-refractivity contribution in [3.63, 3.8) is 0 Å². The number of nitrogens with zero attached hydrogens (tertiary/aromatic N) is 1. The van der Waals surface area contributed by atoms with E-state index in [1.807, 2.05) is 19.9 Å². The lowest BCUT2D eigenvalue weighted by molar-refractivity contribution is -0.117. The third-order valence-corrected chi connectivity index (χ3v) is 5.71. The van der Waals surface area contributed by atoms with Gasteiger partial charge in [0.2, 0.25) is 5.91 Å². The highest BCUT2D eigenvalue weighted by atomic mass is 32.1. The van der Waals surface area contributed by atoms with Gasteiger partial charge in [0.05, 0.1) is 17.0 Å². The number of amides is 2. The minimum atomic E-state index is -0.448. The molecule has 1 aromatic heterocycles. The number of nitrogens with one attached hydrogen (secondary N) is 1. The van der Waals surface area contributed by atoms with Crippen molar-refractivity contribution in [3.05, 3.63) is 46.1 Å². The molecule has 0 atom stereocenters. The summed E-state index contributed by atoms with van der Waals surface area (Å²) in [5, 5.41) is 3.59. The van der Waals surface area contributed by atoms with Crippen LogP contribution in [-0.4, -0.2) is 30.4 Å². The lowest BCUT2D eigenvalue weighted by Crippen LogP contribution is -2.30. The molecule has 5 nitrogen and oxygen atoms in total. The van der Waals surface area contributed by atoms with Crippen LogP contribution in [0.3, 0.4) is 0 Å². The summed E-state index contributed by atoms with van der Waals surface area (Å²) in [6, 6.07) is 6.53. The van der Waals surface area contributed by atoms with Gasteiger partial charge < -0.3 is 15.0 Å². The van der Waals surface area contributed by atoms with Crippen molar-refractivity contribution in [2.45, 2.75) is 33.2 Å². The number of halogens is 1. The normalized spacial score (nSPS) is 13.3. The van der Waals surface area contributed by atoms with E-state index in [0.717, 1.165) is 18.4 Å². The lowest BCUT2D eigenvalue weighted by atomic mass is 10.2. The summed E-state index contributed by atoms with van der Waals surface area (Å²) in [5.74, 6) is -0.253. The van der Waals surface area contributed by atoms with E-state index in [2.05, 4.69) is 5.32 Å². The van der Waals surface area contributed by atoms with E-state index in [9.17, 15) is 14.0 Å². The third-order valence-electron chi connectivity index (χ3n) is 4.57. The van der Waals surface area contributed by atoms with Crippen LogP contribution in [-0.2, 0) is 11.3 Å². The Morgan fingerprint density at radius 1 is 1.33 bits per heavy atom. The molecular formula is C20H23FN2O3S. The molecule has 1 aromatic carbocycles. The zero-order valence-corrected chi connectivity index (χ0v) is 16.5. The van der Waals surface area contributed by atoms with Crippen LogP contribution in [0.5, 0.6) is 5.75 Å². The fourth-order valence-electron chi connectivity index (χ4n) is 2.82. The molecule has 1 heterocycles. The van der Waals surface area contributed by atoms with E-state index in [1.54, 1.807) is 17.0 Å². The van der Waals surface area contributed by atoms with Crippen molar-refractivity contribution < 1.29 is 18.7 Å². The van der Waals surface area contributed by atoms with Gasteiger partial charge in [-0.1, -0.05) is 6.07 Å². The topological polar surface area (TPSA) is 58.6 Å². The minimum Gasteiger partial charge on any atom is -0.494 e. The maximum absolute atomic E-state index is 13.9. The number of methoxy groups -OCH3 is 1. The number of carbonyl (C=O) groups is 2. The second-order valence-electron chi connectivity index (χ2n) is 6.67. The van der Waals surface area contributed by atoms with Crippen LogP contribution in [0.15, 0.2) is 24.3 Å². The first-order valence-electron chi connectivity index (χ1n) is 8.96. The zero-order valence-electron chi connectivity index (χ0n) is 15.7. The number of hydrogen-bond acceptors (Lipinski definition) is 4. The van der Waals surface area contributed by atoms with Gasteiger partial charge in [-0.3, -0.25) is 9.59 Å². The van der Waals surface area contributed by atoms with Crippen LogP contribution >= 0.6 is 11.3 Å². The predicted octanol–water partition coefficient (Wildman–Crippen LogP) is 4.22. The Morgan fingerprint density at radius 2 is 2.07 bits per heavy atom. The van der Waals surface area contributed by atoms with Crippen molar-refractivity contribution in [1.29, 1.82) is 0 Å². The molecule has 2 amide bonds. The molecule has 1 fully saturated rings.